The van der Waals surface area contributed by atoms with E-state index in [0.29, 0.717) is 31.5 Å². The molecule has 0 radical (unpaired) electrons. The predicted molar refractivity (Wildman–Crippen MR) is 149 cm³/mol. The zero-order valence-electron chi connectivity index (χ0n) is 23.0. The summed E-state index contributed by atoms with van der Waals surface area (Å²) in [7, 11) is 1.27. The third-order valence-corrected chi connectivity index (χ3v) is 7.34. The van der Waals surface area contributed by atoms with Gasteiger partial charge in [-0.2, -0.15) is 0 Å². The molecule has 0 fully saturated rings. The number of allylic oxidation sites excluding steroid dienone is 2. The highest BCUT2D eigenvalue weighted by Gasteiger charge is 2.34. The van der Waals surface area contributed by atoms with Crippen LogP contribution in [-0.2, 0) is 19.1 Å². The summed E-state index contributed by atoms with van der Waals surface area (Å²) in [5.41, 5.74) is 4.96. The Kier molecular flexibility index (Phi) is 8.53. The van der Waals surface area contributed by atoms with Gasteiger partial charge in [-0.3, -0.25) is 9.79 Å². The van der Waals surface area contributed by atoms with E-state index in [1.54, 1.807) is 6.92 Å². The van der Waals surface area contributed by atoms with Gasteiger partial charge in [0.2, 0.25) is 0 Å². The van der Waals surface area contributed by atoms with Crippen molar-refractivity contribution in [3.05, 3.63) is 71.0 Å². The van der Waals surface area contributed by atoms with Crippen LogP contribution >= 0.6 is 0 Å². The number of ketones is 1. The lowest BCUT2D eigenvalue weighted by Crippen LogP contribution is -2.42. The van der Waals surface area contributed by atoms with Crippen molar-refractivity contribution < 1.29 is 29.0 Å². The number of carbonyl (C=O) groups excluding carboxylic acids is 3. The Morgan fingerprint density at radius 1 is 1.08 bits per heavy atom. The van der Waals surface area contributed by atoms with E-state index < -0.39 is 18.1 Å². The number of aliphatic imine (C=N–C) groups is 1. The fourth-order valence-corrected chi connectivity index (χ4v) is 5.49. The third kappa shape index (κ3) is 6.38. The number of carbonyl (C=O) groups is 3. The maximum absolute atomic E-state index is 12.7. The Morgan fingerprint density at radius 3 is 2.28 bits per heavy atom. The molecule has 2 N–H and O–H groups in total. The van der Waals surface area contributed by atoms with Gasteiger partial charge in [-0.25, -0.2) is 9.59 Å². The maximum atomic E-state index is 12.7. The van der Waals surface area contributed by atoms with Crippen LogP contribution in [0.4, 0.5) is 4.79 Å². The lowest BCUT2D eigenvalue weighted by molar-refractivity contribution is -0.143. The topological polar surface area (TPSA) is 114 Å². The SMILES string of the molecule is COC(=O)[C@@H](CCCN=C(C)C1=C(O)CC(C)(C)CC1=O)NC(=O)OCC1c2ccccc2-c2ccccc21. The minimum absolute atomic E-state index is 0.0712. The molecule has 2 aliphatic carbocycles. The maximum Gasteiger partial charge on any atom is 0.407 e. The molecule has 0 aliphatic heterocycles. The van der Waals surface area contributed by atoms with E-state index in [0.717, 1.165) is 22.3 Å². The van der Waals surface area contributed by atoms with E-state index in [9.17, 15) is 19.5 Å². The summed E-state index contributed by atoms with van der Waals surface area (Å²) in [6.07, 6.45) is 0.814. The molecule has 0 unspecified atom stereocenters. The summed E-state index contributed by atoms with van der Waals surface area (Å²) in [4.78, 5) is 42.0. The van der Waals surface area contributed by atoms with E-state index in [1.807, 2.05) is 50.2 Å². The number of methoxy groups -OCH3 is 1. The highest BCUT2D eigenvalue weighted by Crippen LogP contribution is 2.44. The molecule has 1 amide bonds. The summed E-state index contributed by atoms with van der Waals surface area (Å²) < 4.78 is 10.4. The number of fused-ring (bicyclic) bond motifs is 3. The lowest BCUT2D eigenvalue weighted by Gasteiger charge is -2.29. The van der Waals surface area contributed by atoms with Gasteiger partial charge in [-0.05, 0) is 47.4 Å². The summed E-state index contributed by atoms with van der Waals surface area (Å²) >= 11 is 0. The van der Waals surface area contributed by atoms with Crippen LogP contribution in [0.2, 0.25) is 0 Å². The van der Waals surface area contributed by atoms with Crippen LogP contribution in [0.1, 0.15) is 63.5 Å². The second-order valence-corrected chi connectivity index (χ2v) is 10.9. The summed E-state index contributed by atoms with van der Waals surface area (Å²) in [6.45, 7) is 6.05. The van der Waals surface area contributed by atoms with E-state index >= 15 is 0 Å². The molecule has 39 heavy (non-hydrogen) atoms. The zero-order valence-corrected chi connectivity index (χ0v) is 23.0. The Hall–Kier alpha value is -3.94. The molecule has 0 saturated heterocycles. The van der Waals surface area contributed by atoms with Crippen LogP contribution in [0.3, 0.4) is 0 Å². The summed E-state index contributed by atoms with van der Waals surface area (Å²) in [5.74, 6) is -0.707. The predicted octanol–water partition coefficient (Wildman–Crippen LogP) is 5.51. The Bertz CT molecular complexity index is 1280. The second-order valence-electron chi connectivity index (χ2n) is 10.9. The first-order valence-corrected chi connectivity index (χ1v) is 13.3. The van der Waals surface area contributed by atoms with Crippen LogP contribution in [-0.4, -0.2) is 55.0 Å². The van der Waals surface area contributed by atoms with E-state index in [2.05, 4.69) is 22.4 Å². The minimum Gasteiger partial charge on any atom is -0.511 e. The number of aliphatic hydroxyl groups excluding tert-OH is 1. The highest BCUT2D eigenvalue weighted by molar-refractivity contribution is 6.22. The average molecular weight is 533 g/mol. The van der Waals surface area contributed by atoms with Gasteiger partial charge in [0, 0.05) is 31.0 Å². The van der Waals surface area contributed by atoms with Crippen LogP contribution in [0, 0.1) is 5.41 Å². The van der Waals surface area contributed by atoms with E-state index in [-0.39, 0.29) is 41.5 Å². The van der Waals surface area contributed by atoms with Crippen molar-refractivity contribution in [2.45, 2.75) is 58.4 Å². The normalized spacial score (nSPS) is 17.3. The number of hydrogen-bond donors (Lipinski definition) is 2. The number of nitrogens with zero attached hydrogens (tertiary/aromatic N) is 1. The molecule has 0 saturated carbocycles. The number of ether oxygens (including phenoxy) is 2. The van der Waals surface area contributed by atoms with Gasteiger partial charge in [-0.1, -0.05) is 62.4 Å². The zero-order chi connectivity index (χ0) is 28.2. The van der Waals surface area contributed by atoms with Crippen molar-refractivity contribution in [2.24, 2.45) is 10.4 Å². The minimum atomic E-state index is -0.897. The second kappa shape index (κ2) is 11.8. The smallest absolute Gasteiger partial charge is 0.407 e. The monoisotopic (exact) mass is 532 g/mol. The van der Waals surface area contributed by atoms with Crippen molar-refractivity contribution >= 4 is 23.6 Å². The number of amides is 1. The Labute approximate surface area is 229 Å². The third-order valence-electron chi connectivity index (χ3n) is 7.34. The van der Waals surface area contributed by atoms with Gasteiger partial charge >= 0.3 is 12.1 Å². The fraction of sp³-hybridized carbons (Fsp3) is 0.419. The lowest BCUT2D eigenvalue weighted by atomic mass is 9.76. The molecular weight excluding hydrogens is 496 g/mol. The summed E-state index contributed by atoms with van der Waals surface area (Å²) in [5, 5.41) is 13.0. The number of benzene rings is 2. The van der Waals surface area contributed by atoms with Gasteiger partial charge in [0.25, 0.3) is 0 Å². The summed E-state index contributed by atoms with van der Waals surface area (Å²) in [6, 6.07) is 15.2. The van der Waals surface area contributed by atoms with Gasteiger partial charge in [0.05, 0.1) is 12.7 Å². The molecule has 4 rings (SSSR count). The number of Topliss-reactive ketones (excluding diaryl/α,β-unsaturated/α-hetero) is 1. The van der Waals surface area contributed by atoms with Crippen molar-refractivity contribution in [3.63, 3.8) is 0 Å². The molecule has 8 heteroatoms. The molecule has 1 atom stereocenters. The largest absolute Gasteiger partial charge is 0.511 e. The molecule has 0 heterocycles. The number of nitrogens with one attached hydrogen (secondary N) is 1. The first-order chi connectivity index (χ1) is 18.6. The molecule has 206 valence electrons. The van der Waals surface area contributed by atoms with Crippen molar-refractivity contribution in [3.8, 4) is 11.1 Å². The van der Waals surface area contributed by atoms with Gasteiger partial charge < -0.3 is 19.9 Å². The van der Waals surface area contributed by atoms with E-state index in [4.69, 9.17) is 9.47 Å². The number of alkyl carbamates (subject to hydrolysis) is 1. The molecule has 0 aromatic heterocycles. The first-order valence-electron chi connectivity index (χ1n) is 13.3. The van der Waals surface area contributed by atoms with Gasteiger partial charge in [0.1, 0.15) is 18.4 Å². The molecule has 0 spiro atoms. The average Bonchev–Trinajstić information content (AvgIpc) is 3.21. The molecule has 2 aromatic carbocycles. The van der Waals surface area contributed by atoms with Crippen LogP contribution < -0.4 is 5.32 Å². The number of rotatable bonds is 9. The van der Waals surface area contributed by atoms with Crippen LogP contribution in [0.25, 0.3) is 11.1 Å². The van der Waals surface area contributed by atoms with Crippen molar-refractivity contribution in [2.75, 3.05) is 20.3 Å². The molecule has 0 bridgehead atoms. The van der Waals surface area contributed by atoms with Crippen molar-refractivity contribution in [1.82, 2.24) is 5.32 Å². The van der Waals surface area contributed by atoms with Crippen LogP contribution in [0.15, 0.2) is 64.9 Å². The quantitative estimate of drug-likeness (QED) is 0.250. The molecule has 2 aliphatic rings. The number of esters is 1. The molecular formula is C31H36N2O6. The fourth-order valence-electron chi connectivity index (χ4n) is 5.49. The standard InChI is InChI=1S/C31H36N2O6/c1-19(28-26(34)16-31(2,3)17-27(28)35)32-15-9-14-25(29(36)38-4)33-30(37)39-18-24-22-12-7-5-10-20(22)21-11-6-8-13-23(21)24/h5-8,10-13,24-25,34H,9,14-18H2,1-4H3,(H,33,37)/t25-/m1/s1. The molecule has 8 nitrogen and oxygen atoms in total. The van der Waals surface area contributed by atoms with Gasteiger partial charge in [0.15, 0.2) is 5.78 Å². The molecule has 2 aromatic rings. The first kappa shape index (κ1) is 28.1. The number of hydrogen-bond acceptors (Lipinski definition) is 7. The Balaban J connectivity index is 1.33. The van der Waals surface area contributed by atoms with Crippen LogP contribution in [0.5, 0.6) is 0 Å². The van der Waals surface area contributed by atoms with Gasteiger partial charge in [-0.15, -0.1) is 0 Å². The Morgan fingerprint density at radius 2 is 1.69 bits per heavy atom. The van der Waals surface area contributed by atoms with Crippen molar-refractivity contribution in [1.29, 1.82) is 0 Å². The highest BCUT2D eigenvalue weighted by atomic mass is 16.6. The number of aliphatic hydroxyl groups is 1. The van der Waals surface area contributed by atoms with E-state index in [1.165, 1.54) is 7.11 Å².